The summed E-state index contributed by atoms with van der Waals surface area (Å²) in [4.78, 5) is 2.09. The molecule has 3 rings (SSSR count). The number of benzene rings is 1. The molecular weight excluding hydrogens is 193 g/mol. The molecule has 0 saturated carbocycles. The molecule has 2 heterocycles. The molecule has 2 aliphatic rings. The van der Waals surface area contributed by atoms with Gasteiger partial charge in [-0.25, -0.2) is 4.39 Å². The number of hydrogen-bond donors (Lipinski definition) is 0. The Kier molecular flexibility index (Phi) is 1.80. The van der Waals surface area contributed by atoms with Crippen LogP contribution in [0, 0.1) is 18.2 Å². The molecular formula is C12H14FNO. The fourth-order valence-corrected chi connectivity index (χ4v) is 2.38. The van der Waals surface area contributed by atoms with Gasteiger partial charge in [0, 0.05) is 13.1 Å². The topological polar surface area (TPSA) is 12.5 Å². The van der Waals surface area contributed by atoms with Crippen LogP contribution in [-0.2, 0) is 4.74 Å². The third kappa shape index (κ3) is 1.34. The molecule has 0 bridgehead atoms. The minimum Gasteiger partial charge on any atom is -0.380 e. The van der Waals surface area contributed by atoms with Crippen LogP contribution in [0.1, 0.15) is 5.56 Å². The van der Waals surface area contributed by atoms with Gasteiger partial charge in [-0.15, -0.1) is 0 Å². The maximum absolute atomic E-state index is 13.6. The Morgan fingerprint density at radius 1 is 1.33 bits per heavy atom. The molecule has 2 nitrogen and oxygen atoms in total. The fraction of sp³-hybridized carbons (Fsp3) is 0.500. The number of halogens is 1. The number of rotatable bonds is 1. The van der Waals surface area contributed by atoms with E-state index in [1.165, 1.54) is 0 Å². The molecule has 0 amide bonds. The molecule has 0 aromatic heterocycles. The molecule has 1 aromatic carbocycles. The first-order valence-electron chi connectivity index (χ1n) is 5.27. The largest absolute Gasteiger partial charge is 0.380 e. The summed E-state index contributed by atoms with van der Waals surface area (Å²) in [5, 5.41) is 0. The highest BCUT2D eigenvalue weighted by Gasteiger charge is 2.49. The van der Waals surface area contributed by atoms with E-state index >= 15 is 0 Å². The van der Waals surface area contributed by atoms with Gasteiger partial charge in [0.25, 0.3) is 0 Å². The van der Waals surface area contributed by atoms with E-state index in [1.54, 1.807) is 6.07 Å². The molecule has 2 saturated heterocycles. The van der Waals surface area contributed by atoms with Gasteiger partial charge in [0.05, 0.1) is 24.3 Å². The number of aryl methyl sites for hydroxylation is 1. The predicted molar refractivity (Wildman–Crippen MR) is 56.6 cm³/mol. The van der Waals surface area contributed by atoms with Gasteiger partial charge in [0.1, 0.15) is 5.82 Å². The van der Waals surface area contributed by atoms with E-state index in [9.17, 15) is 4.39 Å². The zero-order valence-electron chi connectivity index (χ0n) is 8.79. The molecule has 1 spiro atoms. The van der Waals surface area contributed by atoms with E-state index in [4.69, 9.17) is 4.74 Å². The molecule has 15 heavy (non-hydrogen) atoms. The van der Waals surface area contributed by atoms with Gasteiger partial charge in [-0.2, -0.15) is 0 Å². The molecule has 0 aliphatic carbocycles. The first kappa shape index (κ1) is 9.16. The molecule has 0 unspecified atom stereocenters. The van der Waals surface area contributed by atoms with E-state index < -0.39 is 0 Å². The highest BCUT2D eigenvalue weighted by molar-refractivity contribution is 5.52. The monoisotopic (exact) mass is 207 g/mol. The minimum absolute atomic E-state index is 0.106. The lowest BCUT2D eigenvalue weighted by Crippen LogP contribution is -2.66. The van der Waals surface area contributed by atoms with Crippen molar-refractivity contribution < 1.29 is 9.13 Å². The zero-order valence-corrected chi connectivity index (χ0v) is 8.79. The van der Waals surface area contributed by atoms with Crippen LogP contribution in [0.4, 0.5) is 10.1 Å². The number of anilines is 1. The SMILES string of the molecule is Cc1ccc(N2CC3(COC3)C2)c(F)c1. The van der Waals surface area contributed by atoms with E-state index in [0.717, 1.165) is 37.6 Å². The van der Waals surface area contributed by atoms with E-state index in [0.29, 0.717) is 5.41 Å². The highest BCUT2D eigenvalue weighted by Crippen LogP contribution is 2.40. The molecule has 2 fully saturated rings. The summed E-state index contributed by atoms with van der Waals surface area (Å²) in [6, 6.07) is 5.43. The smallest absolute Gasteiger partial charge is 0.146 e. The Morgan fingerprint density at radius 3 is 2.60 bits per heavy atom. The van der Waals surface area contributed by atoms with Gasteiger partial charge in [-0.05, 0) is 24.6 Å². The second kappa shape index (κ2) is 2.95. The Bertz CT molecular complexity index is 393. The van der Waals surface area contributed by atoms with Crippen LogP contribution in [0.2, 0.25) is 0 Å². The van der Waals surface area contributed by atoms with Crippen molar-refractivity contribution in [3.63, 3.8) is 0 Å². The van der Waals surface area contributed by atoms with Crippen molar-refractivity contribution in [1.82, 2.24) is 0 Å². The van der Waals surface area contributed by atoms with Gasteiger partial charge >= 0.3 is 0 Å². The van der Waals surface area contributed by atoms with Crippen molar-refractivity contribution in [2.24, 2.45) is 5.41 Å². The van der Waals surface area contributed by atoms with Crippen molar-refractivity contribution in [3.05, 3.63) is 29.6 Å². The van der Waals surface area contributed by atoms with Crippen LogP contribution < -0.4 is 4.90 Å². The Hall–Kier alpha value is -1.09. The van der Waals surface area contributed by atoms with Crippen LogP contribution in [0.5, 0.6) is 0 Å². The average molecular weight is 207 g/mol. The van der Waals surface area contributed by atoms with Gasteiger partial charge < -0.3 is 9.64 Å². The molecule has 0 N–H and O–H groups in total. The predicted octanol–water partition coefficient (Wildman–Crippen LogP) is 1.97. The van der Waals surface area contributed by atoms with Gasteiger partial charge in [0.2, 0.25) is 0 Å². The molecule has 2 aliphatic heterocycles. The second-order valence-corrected chi connectivity index (χ2v) is 4.80. The average Bonchev–Trinajstić information content (AvgIpc) is 2.03. The number of ether oxygens (including phenoxy) is 1. The minimum atomic E-state index is -0.106. The Labute approximate surface area is 88.6 Å². The van der Waals surface area contributed by atoms with Crippen LogP contribution in [-0.4, -0.2) is 26.3 Å². The van der Waals surface area contributed by atoms with E-state index in [-0.39, 0.29) is 5.82 Å². The highest BCUT2D eigenvalue weighted by atomic mass is 19.1. The van der Waals surface area contributed by atoms with E-state index in [1.807, 2.05) is 19.1 Å². The molecule has 80 valence electrons. The quantitative estimate of drug-likeness (QED) is 0.698. The Balaban J connectivity index is 1.77. The van der Waals surface area contributed by atoms with Gasteiger partial charge in [-0.3, -0.25) is 0 Å². The maximum atomic E-state index is 13.6. The van der Waals surface area contributed by atoms with Crippen molar-refractivity contribution in [2.45, 2.75) is 6.92 Å². The van der Waals surface area contributed by atoms with Crippen LogP contribution >= 0.6 is 0 Å². The summed E-state index contributed by atoms with van der Waals surface area (Å²) in [5.74, 6) is -0.106. The second-order valence-electron chi connectivity index (χ2n) is 4.80. The summed E-state index contributed by atoms with van der Waals surface area (Å²) in [6.07, 6.45) is 0. The molecule has 0 atom stereocenters. The Morgan fingerprint density at radius 2 is 2.07 bits per heavy atom. The van der Waals surface area contributed by atoms with Crippen LogP contribution in [0.15, 0.2) is 18.2 Å². The van der Waals surface area contributed by atoms with Crippen molar-refractivity contribution in [1.29, 1.82) is 0 Å². The van der Waals surface area contributed by atoms with Crippen molar-refractivity contribution in [2.75, 3.05) is 31.2 Å². The fourth-order valence-electron chi connectivity index (χ4n) is 2.38. The number of nitrogens with zero attached hydrogens (tertiary/aromatic N) is 1. The summed E-state index contributed by atoms with van der Waals surface area (Å²) >= 11 is 0. The summed E-state index contributed by atoms with van der Waals surface area (Å²) in [5.41, 5.74) is 2.05. The number of hydrogen-bond acceptors (Lipinski definition) is 2. The molecule has 0 radical (unpaired) electrons. The van der Waals surface area contributed by atoms with Gasteiger partial charge in [0.15, 0.2) is 0 Å². The zero-order chi connectivity index (χ0) is 10.5. The normalized spacial score (nSPS) is 22.4. The van der Waals surface area contributed by atoms with Crippen molar-refractivity contribution in [3.8, 4) is 0 Å². The summed E-state index contributed by atoms with van der Waals surface area (Å²) < 4.78 is 18.8. The molecule has 1 aromatic rings. The summed E-state index contributed by atoms with van der Waals surface area (Å²) in [7, 11) is 0. The van der Waals surface area contributed by atoms with Crippen LogP contribution in [0.25, 0.3) is 0 Å². The lowest BCUT2D eigenvalue weighted by atomic mass is 9.77. The lowest BCUT2D eigenvalue weighted by molar-refractivity contribution is -0.127. The first-order valence-corrected chi connectivity index (χ1v) is 5.27. The van der Waals surface area contributed by atoms with Crippen LogP contribution in [0.3, 0.4) is 0 Å². The lowest BCUT2D eigenvalue weighted by Gasteiger charge is -2.56. The van der Waals surface area contributed by atoms with E-state index in [2.05, 4.69) is 4.90 Å². The standard InChI is InChI=1S/C12H14FNO/c1-9-2-3-11(10(13)4-9)14-5-12(6-14)7-15-8-12/h2-4H,5-8H2,1H3. The first-order chi connectivity index (χ1) is 7.19. The maximum Gasteiger partial charge on any atom is 0.146 e. The molecule has 3 heteroatoms. The third-order valence-electron chi connectivity index (χ3n) is 3.31. The van der Waals surface area contributed by atoms with Gasteiger partial charge in [-0.1, -0.05) is 6.07 Å². The van der Waals surface area contributed by atoms with Crippen molar-refractivity contribution >= 4 is 5.69 Å². The third-order valence-corrected chi connectivity index (χ3v) is 3.31. The summed E-state index contributed by atoms with van der Waals surface area (Å²) in [6.45, 7) is 5.47.